The normalized spacial score (nSPS) is 14.2. The number of hydrogen-bond acceptors (Lipinski definition) is 6. The van der Waals surface area contributed by atoms with Gasteiger partial charge >= 0.3 is 0 Å². The SMILES string of the molecule is Cc1cccc(OCCN2C(=O)S/C(=C\c3cc(Br)ccc3OCC(=O)Nc3ccccc3Cl)C2=O)c1. The fourth-order valence-corrected chi connectivity index (χ4v) is 4.87. The summed E-state index contributed by atoms with van der Waals surface area (Å²) in [5, 5.41) is 2.74. The molecule has 190 valence electrons. The number of nitrogens with zero attached hydrogens (tertiary/aromatic N) is 1. The lowest BCUT2D eigenvalue weighted by atomic mass is 10.2. The molecular weight excluding hydrogens is 580 g/mol. The van der Waals surface area contributed by atoms with Gasteiger partial charge in [-0.1, -0.05) is 51.8 Å². The van der Waals surface area contributed by atoms with Crippen LogP contribution >= 0.6 is 39.3 Å². The number of halogens is 2. The number of aryl methyl sites for hydroxylation is 1. The van der Waals surface area contributed by atoms with Crippen LogP contribution in [0.1, 0.15) is 11.1 Å². The number of carbonyl (C=O) groups excluding carboxylic acids is 3. The second-order valence-corrected chi connectivity index (χ2v) is 10.3. The molecule has 0 radical (unpaired) electrons. The molecule has 0 aliphatic carbocycles. The van der Waals surface area contributed by atoms with Crippen molar-refractivity contribution in [2.45, 2.75) is 6.92 Å². The number of rotatable bonds is 9. The molecule has 3 aromatic rings. The van der Waals surface area contributed by atoms with Crippen LogP contribution in [-0.2, 0) is 9.59 Å². The number of thioether (sulfide) groups is 1. The monoisotopic (exact) mass is 600 g/mol. The van der Waals surface area contributed by atoms with Crippen molar-refractivity contribution in [3.05, 3.63) is 92.3 Å². The molecule has 10 heteroatoms. The third-order valence-electron chi connectivity index (χ3n) is 5.21. The number of ether oxygens (including phenoxy) is 2. The summed E-state index contributed by atoms with van der Waals surface area (Å²) in [5.41, 5.74) is 2.08. The van der Waals surface area contributed by atoms with Gasteiger partial charge in [-0.3, -0.25) is 19.3 Å². The Morgan fingerprint density at radius 1 is 1.08 bits per heavy atom. The number of nitrogens with one attached hydrogen (secondary N) is 1. The average molecular weight is 602 g/mol. The van der Waals surface area contributed by atoms with Gasteiger partial charge < -0.3 is 14.8 Å². The maximum Gasteiger partial charge on any atom is 0.293 e. The van der Waals surface area contributed by atoms with Gasteiger partial charge in [0, 0.05) is 10.0 Å². The molecule has 0 aromatic heterocycles. The second kappa shape index (κ2) is 12.3. The Morgan fingerprint density at radius 2 is 1.89 bits per heavy atom. The summed E-state index contributed by atoms with van der Waals surface area (Å²) < 4.78 is 12.2. The van der Waals surface area contributed by atoms with Gasteiger partial charge in [0.2, 0.25) is 0 Å². The predicted octanol–water partition coefficient (Wildman–Crippen LogP) is 6.54. The zero-order valence-corrected chi connectivity index (χ0v) is 22.9. The molecule has 0 bridgehead atoms. The molecule has 0 unspecified atom stereocenters. The summed E-state index contributed by atoms with van der Waals surface area (Å²) in [5.74, 6) is 0.255. The van der Waals surface area contributed by atoms with Crippen LogP contribution in [-0.4, -0.2) is 41.7 Å². The zero-order valence-electron chi connectivity index (χ0n) is 19.7. The minimum Gasteiger partial charge on any atom is -0.492 e. The van der Waals surface area contributed by atoms with Crippen molar-refractivity contribution in [3.63, 3.8) is 0 Å². The summed E-state index contributed by atoms with van der Waals surface area (Å²) in [6.45, 7) is 1.99. The highest BCUT2D eigenvalue weighted by atomic mass is 79.9. The number of para-hydroxylation sites is 1. The average Bonchev–Trinajstić information content (AvgIpc) is 3.12. The molecule has 1 saturated heterocycles. The third kappa shape index (κ3) is 7.15. The van der Waals surface area contributed by atoms with E-state index in [2.05, 4.69) is 21.2 Å². The van der Waals surface area contributed by atoms with E-state index < -0.39 is 11.8 Å². The van der Waals surface area contributed by atoms with E-state index in [-0.39, 0.29) is 29.9 Å². The number of hydrogen-bond donors (Lipinski definition) is 1. The Balaban J connectivity index is 1.41. The quantitative estimate of drug-likeness (QED) is 0.280. The summed E-state index contributed by atoms with van der Waals surface area (Å²) in [6.07, 6.45) is 1.58. The fraction of sp³-hybridized carbons (Fsp3) is 0.148. The van der Waals surface area contributed by atoms with Crippen LogP contribution < -0.4 is 14.8 Å². The van der Waals surface area contributed by atoms with E-state index in [1.54, 1.807) is 48.5 Å². The molecule has 1 heterocycles. The highest BCUT2D eigenvalue weighted by Crippen LogP contribution is 2.35. The Hall–Kier alpha value is -3.27. The molecule has 7 nitrogen and oxygen atoms in total. The van der Waals surface area contributed by atoms with Crippen molar-refractivity contribution in [1.29, 1.82) is 0 Å². The maximum absolute atomic E-state index is 12.9. The van der Waals surface area contributed by atoms with E-state index in [0.29, 0.717) is 27.8 Å². The molecule has 0 atom stereocenters. The van der Waals surface area contributed by atoms with Gasteiger partial charge in [-0.25, -0.2) is 0 Å². The first-order valence-electron chi connectivity index (χ1n) is 11.2. The first kappa shape index (κ1) is 26.8. The molecule has 3 amide bonds. The minimum absolute atomic E-state index is 0.125. The number of amides is 3. The van der Waals surface area contributed by atoms with Crippen LogP contribution in [0, 0.1) is 6.92 Å². The molecule has 3 aromatic carbocycles. The van der Waals surface area contributed by atoms with Gasteiger partial charge in [0.25, 0.3) is 17.1 Å². The van der Waals surface area contributed by atoms with Crippen molar-refractivity contribution in [2.24, 2.45) is 0 Å². The van der Waals surface area contributed by atoms with Crippen LogP contribution in [0.25, 0.3) is 6.08 Å². The number of anilines is 1. The van der Waals surface area contributed by atoms with E-state index in [9.17, 15) is 14.4 Å². The van der Waals surface area contributed by atoms with Crippen molar-refractivity contribution in [1.82, 2.24) is 4.90 Å². The first-order chi connectivity index (χ1) is 17.8. The molecule has 0 spiro atoms. The van der Waals surface area contributed by atoms with E-state index >= 15 is 0 Å². The van der Waals surface area contributed by atoms with E-state index in [4.69, 9.17) is 21.1 Å². The standard InChI is InChI=1S/C27H22BrClN2O5S/c1-17-5-4-6-20(13-17)35-12-11-31-26(33)24(37-27(31)34)15-18-14-19(28)9-10-23(18)36-16-25(32)30-22-8-3-2-7-21(22)29/h2-10,13-15H,11-12,16H2,1H3,(H,30,32)/b24-15-. The minimum atomic E-state index is -0.412. The predicted molar refractivity (Wildman–Crippen MR) is 149 cm³/mol. The Morgan fingerprint density at radius 3 is 2.68 bits per heavy atom. The molecule has 1 aliphatic rings. The first-order valence-corrected chi connectivity index (χ1v) is 13.2. The smallest absolute Gasteiger partial charge is 0.293 e. The molecular formula is C27H22BrClN2O5S. The van der Waals surface area contributed by atoms with Crippen LogP contribution in [0.5, 0.6) is 11.5 Å². The molecule has 37 heavy (non-hydrogen) atoms. The van der Waals surface area contributed by atoms with Crippen LogP contribution in [0.4, 0.5) is 10.5 Å². The number of benzene rings is 3. The number of imide groups is 1. The summed E-state index contributed by atoms with van der Waals surface area (Å²) in [7, 11) is 0. The molecule has 1 N–H and O–H groups in total. The summed E-state index contributed by atoms with van der Waals surface area (Å²) >= 11 is 10.3. The number of carbonyl (C=O) groups is 3. The highest BCUT2D eigenvalue weighted by molar-refractivity contribution is 9.10. The molecule has 4 rings (SSSR count). The largest absolute Gasteiger partial charge is 0.492 e. The summed E-state index contributed by atoms with van der Waals surface area (Å²) in [6, 6.07) is 19.6. The Kier molecular flexibility index (Phi) is 8.91. The van der Waals surface area contributed by atoms with Crippen LogP contribution in [0.3, 0.4) is 0 Å². The lowest BCUT2D eigenvalue weighted by molar-refractivity contribution is -0.123. The van der Waals surface area contributed by atoms with Crippen molar-refractivity contribution in [2.75, 3.05) is 25.1 Å². The molecule has 0 saturated carbocycles. The lowest BCUT2D eigenvalue weighted by Gasteiger charge is -2.13. The van der Waals surface area contributed by atoms with Gasteiger partial charge in [-0.2, -0.15) is 0 Å². The van der Waals surface area contributed by atoms with Crippen molar-refractivity contribution < 1.29 is 23.9 Å². The molecule has 1 aliphatic heterocycles. The second-order valence-electron chi connectivity index (χ2n) is 8.00. The Labute approximate surface area is 231 Å². The topological polar surface area (TPSA) is 84.9 Å². The molecule has 1 fully saturated rings. The van der Waals surface area contributed by atoms with Gasteiger partial charge in [0.15, 0.2) is 6.61 Å². The van der Waals surface area contributed by atoms with E-state index in [1.807, 2.05) is 31.2 Å². The van der Waals surface area contributed by atoms with Crippen molar-refractivity contribution >= 4 is 68.1 Å². The van der Waals surface area contributed by atoms with Gasteiger partial charge in [-0.05, 0) is 72.8 Å². The van der Waals surface area contributed by atoms with Gasteiger partial charge in [0.05, 0.1) is 22.2 Å². The van der Waals surface area contributed by atoms with E-state index in [0.717, 1.165) is 26.7 Å². The fourth-order valence-electron chi connectivity index (χ4n) is 3.45. The Bertz CT molecular complexity index is 1380. The zero-order chi connectivity index (χ0) is 26.4. The van der Waals surface area contributed by atoms with E-state index in [1.165, 1.54) is 0 Å². The summed E-state index contributed by atoms with van der Waals surface area (Å²) in [4.78, 5) is 39.3. The highest BCUT2D eigenvalue weighted by Gasteiger charge is 2.35. The van der Waals surface area contributed by atoms with Gasteiger partial charge in [-0.15, -0.1) is 0 Å². The van der Waals surface area contributed by atoms with Crippen molar-refractivity contribution in [3.8, 4) is 11.5 Å². The third-order valence-corrected chi connectivity index (χ3v) is 6.94. The lowest BCUT2D eigenvalue weighted by Crippen LogP contribution is -2.32. The van der Waals surface area contributed by atoms with Crippen LogP contribution in [0.2, 0.25) is 5.02 Å². The maximum atomic E-state index is 12.9. The van der Waals surface area contributed by atoms with Crippen LogP contribution in [0.15, 0.2) is 76.1 Å². The van der Waals surface area contributed by atoms with Gasteiger partial charge in [0.1, 0.15) is 18.1 Å².